The average molecular weight is 342 g/mol. The Morgan fingerprint density at radius 1 is 1.05 bits per heavy atom. The predicted octanol–water partition coefficient (Wildman–Crippen LogP) is 2.97. The van der Waals surface area contributed by atoms with E-state index in [9.17, 15) is 4.79 Å². The monoisotopic (exact) mass is 341 g/mol. The Bertz CT molecular complexity index is 207. The summed E-state index contributed by atoms with van der Waals surface area (Å²) in [7, 11) is 0. The maximum atomic E-state index is 11.2. The van der Waals surface area contributed by atoms with Gasteiger partial charge in [0.05, 0.1) is 26.4 Å². The molecule has 1 amide bonds. The third-order valence-electron chi connectivity index (χ3n) is 1.51. The van der Waals surface area contributed by atoms with Gasteiger partial charge in [0.15, 0.2) is 0 Å². The molecule has 0 aliphatic carbocycles. The number of hydrogen-bond donors (Lipinski definition) is 1. The highest BCUT2D eigenvalue weighted by Crippen LogP contribution is 2.05. The summed E-state index contributed by atoms with van der Waals surface area (Å²) in [6.07, 6.45) is -0.420. The number of alkyl halides is 1. The first-order valence-electron chi connectivity index (χ1n) is 6.64. The maximum absolute atomic E-state index is 11.2. The van der Waals surface area contributed by atoms with E-state index in [-0.39, 0.29) is 0 Å². The van der Waals surface area contributed by atoms with Crippen LogP contribution in [0.4, 0.5) is 4.79 Å². The molecular weight excluding hydrogens is 314 g/mol. The van der Waals surface area contributed by atoms with Gasteiger partial charge in [-0.1, -0.05) is 29.8 Å². The summed E-state index contributed by atoms with van der Waals surface area (Å²) in [5.41, 5.74) is -0.464. The van der Waals surface area contributed by atoms with Crippen LogP contribution < -0.4 is 5.32 Å². The molecule has 0 aromatic heterocycles. The van der Waals surface area contributed by atoms with Gasteiger partial charge in [-0.05, 0) is 20.8 Å². The minimum Gasteiger partial charge on any atom is -0.444 e. The Balaban J connectivity index is 0. The maximum Gasteiger partial charge on any atom is 0.407 e. The van der Waals surface area contributed by atoms with E-state index in [0.29, 0.717) is 33.0 Å². The van der Waals surface area contributed by atoms with Crippen molar-refractivity contribution in [2.75, 3.05) is 38.3 Å². The summed E-state index contributed by atoms with van der Waals surface area (Å²) in [6, 6.07) is 0. The van der Waals surface area contributed by atoms with Crippen molar-refractivity contribution in [1.82, 2.24) is 5.32 Å². The van der Waals surface area contributed by atoms with Gasteiger partial charge < -0.3 is 19.5 Å². The number of nitrogens with one attached hydrogen (secondary N) is 1. The molecule has 0 saturated heterocycles. The zero-order chi connectivity index (χ0) is 15.1. The second kappa shape index (κ2) is 14.1. The van der Waals surface area contributed by atoms with E-state index in [1.54, 1.807) is 0 Å². The highest BCUT2D eigenvalue weighted by molar-refractivity contribution is 9.09. The van der Waals surface area contributed by atoms with Crippen LogP contribution in [-0.4, -0.2) is 50.0 Å². The van der Waals surface area contributed by atoms with Crippen LogP contribution in [0.2, 0.25) is 0 Å². The number of ether oxygens (including phenoxy) is 3. The van der Waals surface area contributed by atoms with E-state index >= 15 is 0 Å². The minimum atomic E-state index is -0.464. The van der Waals surface area contributed by atoms with Gasteiger partial charge in [-0.25, -0.2) is 4.79 Å². The van der Waals surface area contributed by atoms with E-state index in [4.69, 9.17) is 14.2 Å². The van der Waals surface area contributed by atoms with Gasteiger partial charge >= 0.3 is 6.09 Å². The number of hydrogen-bond acceptors (Lipinski definition) is 4. The van der Waals surface area contributed by atoms with E-state index in [0.717, 1.165) is 5.33 Å². The smallest absolute Gasteiger partial charge is 0.407 e. The number of rotatable bonds is 8. The highest BCUT2D eigenvalue weighted by Gasteiger charge is 2.15. The van der Waals surface area contributed by atoms with E-state index < -0.39 is 11.7 Å². The van der Waals surface area contributed by atoms with Gasteiger partial charge in [-0.2, -0.15) is 0 Å². The summed E-state index contributed by atoms with van der Waals surface area (Å²) >= 11 is 3.26. The lowest BCUT2D eigenvalue weighted by atomic mass is 10.2. The van der Waals surface area contributed by atoms with Crippen LogP contribution in [0.1, 0.15) is 34.6 Å². The number of carbonyl (C=O) groups is 1. The molecule has 1 N–H and O–H groups in total. The van der Waals surface area contributed by atoms with Gasteiger partial charge in [0.25, 0.3) is 0 Å². The Labute approximate surface area is 125 Å². The molecule has 0 saturated carbocycles. The molecule has 0 fully saturated rings. The van der Waals surface area contributed by atoms with Gasteiger partial charge in [0, 0.05) is 11.9 Å². The summed E-state index contributed by atoms with van der Waals surface area (Å²) in [4.78, 5) is 11.2. The molecule has 0 rings (SSSR count). The van der Waals surface area contributed by atoms with Crippen LogP contribution in [0.5, 0.6) is 0 Å². The Kier molecular flexibility index (Phi) is 15.6. The third kappa shape index (κ3) is 20.2. The SMILES string of the molecule is CC.CC(C)(C)OC(=O)NCCOCCOCCBr. The van der Waals surface area contributed by atoms with Gasteiger partial charge in [0.1, 0.15) is 5.60 Å². The second-order valence-electron chi connectivity index (χ2n) is 4.34. The third-order valence-corrected chi connectivity index (χ3v) is 1.83. The minimum absolute atomic E-state index is 0.420. The lowest BCUT2D eigenvalue weighted by Gasteiger charge is -2.19. The Hall–Kier alpha value is -0.330. The van der Waals surface area contributed by atoms with Crippen molar-refractivity contribution in [3.05, 3.63) is 0 Å². The van der Waals surface area contributed by atoms with Crippen LogP contribution >= 0.6 is 15.9 Å². The number of carbonyl (C=O) groups excluding carboxylic acids is 1. The molecular formula is C13H28BrNO4. The Morgan fingerprint density at radius 2 is 1.58 bits per heavy atom. The van der Waals surface area contributed by atoms with Crippen molar-refractivity contribution in [3.63, 3.8) is 0 Å². The molecule has 0 aliphatic heterocycles. The topological polar surface area (TPSA) is 56.8 Å². The number of halogens is 1. The molecule has 116 valence electrons. The fourth-order valence-electron chi connectivity index (χ4n) is 0.916. The molecule has 19 heavy (non-hydrogen) atoms. The first-order chi connectivity index (χ1) is 8.95. The van der Waals surface area contributed by atoms with Crippen molar-refractivity contribution < 1.29 is 19.0 Å². The van der Waals surface area contributed by atoms with Crippen LogP contribution in [0.3, 0.4) is 0 Å². The molecule has 0 atom stereocenters. The van der Waals surface area contributed by atoms with Crippen LogP contribution in [0.25, 0.3) is 0 Å². The van der Waals surface area contributed by atoms with Crippen LogP contribution in [-0.2, 0) is 14.2 Å². The molecule has 5 nitrogen and oxygen atoms in total. The normalized spacial score (nSPS) is 10.4. The first kappa shape index (κ1) is 21.0. The molecule has 6 heteroatoms. The van der Waals surface area contributed by atoms with Crippen LogP contribution in [0.15, 0.2) is 0 Å². The summed E-state index contributed by atoms with van der Waals surface area (Å²) in [6.45, 7) is 12.1. The van der Waals surface area contributed by atoms with Crippen molar-refractivity contribution >= 4 is 22.0 Å². The Morgan fingerprint density at radius 3 is 2.05 bits per heavy atom. The summed E-state index contributed by atoms with van der Waals surface area (Å²) in [5.74, 6) is 0. The van der Waals surface area contributed by atoms with E-state index in [1.807, 2.05) is 34.6 Å². The lowest BCUT2D eigenvalue weighted by Crippen LogP contribution is -2.34. The number of alkyl carbamates (subject to hydrolysis) is 1. The van der Waals surface area contributed by atoms with Crippen LogP contribution in [0, 0.1) is 0 Å². The summed E-state index contributed by atoms with van der Waals surface area (Å²) < 4.78 is 15.5. The molecule has 0 aromatic rings. The van der Waals surface area contributed by atoms with Gasteiger partial charge in [0.2, 0.25) is 0 Å². The summed E-state index contributed by atoms with van der Waals surface area (Å²) in [5, 5.41) is 3.43. The molecule has 0 unspecified atom stereocenters. The molecule has 0 aliphatic rings. The largest absolute Gasteiger partial charge is 0.444 e. The second-order valence-corrected chi connectivity index (χ2v) is 5.14. The standard InChI is InChI=1S/C11H22BrNO4.C2H6/c1-11(2,3)17-10(14)13-5-7-16-9-8-15-6-4-12;1-2/h4-9H2,1-3H3,(H,13,14);1-2H3. The molecule has 0 aromatic carbocycles. The molecule has 0 heterocycles. The van der Waals surface area contributed by atoms with Gasteiger partial charge in [-0.3, -0.25) is 0 Å². The van der Waals surface area contributed by atoms with Crippen molar-refractivity contribution in [2.45, 2.75) is 40.2 Å². The van der Waals surface area contributed by atoms with Crippen molar-refractivity contribution in [3.8, 4) is 0 Å². The predicted molar refractivity (Wildman–Crippen MR) is 81.0 cm³/mol. The average Bonchev–Trinajstić information content (AvgIpc) is 2.33. The number of amides is 1. The molecule has 0 radical (unpaired) electrons. The lowest BCUT2D eigenvalue weighted by molar-refractivity contribution is 0.0425. The highest BCUT2D eigenvalue weighted by atomic mass is 79.9. The van der Waals surface area contributed by atoms with E-state index in [2.05, 4.69) is 21.2 Å². The van der Waals surface area contributed by atoms with Crippen molar-refractivity contribution in [2.24, 2.45) is 0 Å². The van der Waals surface area contributed by atoms with E-state index in [1.165, 1.54) is 0 Å². The molecule has 0 bridgehead atoms. The first-order valence-corrected chi connectivity index (χ1v) is 7.76. The van der Waals surface area contributed by atoms with Crippen molar-refractivity contribution in [1.29, 1.82) is 0 Å². The fraction of sp³-hybridized carbons (Fsp3) is 0.923. The zero-order valence-electron chi connectivity index (χ0n) is 12.8. The zero-order valence-corrected chi connectivity index (χ0v) is 14.3. The quantitative estimate of drug-likeness (QED) is 0.544. The fourth-order valence-corrected chi connectivity index (χ4v) is 1.14. The van der Waals surface area contributed by atoms with Gasteiger partial charge in [-0.15, -0.1) is 0 Å². The molecule has 0 spiro atoms.